The summed E-state index contributed by atoms with van der Waals surface area (Å²) in [5, 5.41) is 1.35. The zero-order chi connectivity index (χ0) is 9.97. The van der Waals surface area contributed by atoms with Gasteiger partial charge in [0.25, 0.3) is 0 Å². The van der Waals surface area contributed by atoms with Crippen molar-refractivity contribution in [2.24, 2.45) is 0 Å². The molecule has 74 valence electrons. The number of hydrogen-bond acceptors (Lipinski definition) is 2. The van der Waals surface area contributed by atoms with Crippen molar-refractivity contribution >= 4 is 11.7 Å². The van der Waals surface area contributed by atoms with Crippen LogP contribution < -0.4 is 4.90 Å². The van der Waals surface area contributed by atoms with E-state index in [0.717, 1.165) is 5.69 Å². The van der Waals surface area contributed by atoms with E-state index in [0.29, 0.717) is 13.1 Å². The number of nitrogens with zero attached hydrogens (tertiary/aromatic N) is 2. The van der Waals surface area contributed by atoms with Crippen LogP contribution in [0, 0.1) is 0 Å². The molecule has 1 fully saturated rings. The molecule has 2 amide bonds. The van der Waals surface area contributed by atoms with Crippen LogP contribution in [-0.4, -0.2) is 31.3 Å². The SMILES string of the molecule is CON1CCN(c2ccccc2)C1=O. The third-order valence-corrected chi connectivity index (χ3v) is 2.26. The summed E-state index contributed by atoms with van der Waals surface area (Å²) in [5.74, 6) is 0. The Bertz CT molecular complexity index is 326. The first kappa shape index (κ1) is 9.02. The van der Waals surface area contributed by atoms with Crippen LogP contribution >= 0.6 is 0 Å². The molecule has 2 rings (SSSR count). The Morgan fingerprint density at radius 2 is 1.93 bits per heavy atom. The number of benzene rings is 1. The van der Waals surface area contributed by atoms with Crippen LogP contribution in [0.4, 0.5) is 10.5 Å². The Morgan fingerprint density at radius 3 is 2.50 bits per heavy atom. The largest absolute Gasteiger partial charge is 0.348 e. The second kappa shape index (κ2) is 3.67. The van der Waals surface area contributed by atoms with E-state index in [1.165, 1.54) is 12.2 Å². The molecule has 4 heteroatoms. The number of hydroxylamine groups is 2. The Labute approximate surface area is 82.6 Å². The molecule has 14 heavy (non-hydrogen) atoms. The van der Waals surface area contributed by atoms with Gasteiger partial charge in [-0.05, 0) is 12.1 Å². The maximum absolute atomic E-state index is 11.7. The number of hydrogen-bond donors (Lipinski definition) is 0. The summed E-state index contributed by atoms with van der Waals surface area (Å²) in [7, 11) is 1.51. The van der Waals surface area contributed by atoms with Gasteiger partial charge >= 0.3 is 6.03 Å². The van der Waals surface area contributed by atoms with E-state index >= 15 is 0 Å². The van der Waals surface area contributed by atoms with Crippen molar-refractivity contribution in [2.45, 2.75) is 0 Å². The lowest BCUT2D eigenvalue weighted by atomic mass is 10.3. The summed E-state index contributed by atoms with van der Waals surface area (Å²) < 4.78 is 0. The first-order chi connectivity index (χ1) is 6.83. The van der Waals surface area contributed by atoms with E-state index in [-0.39, 0.29) is 6.03 Å². The molecular formula is C10H12N2O2. The predicted molar refractivity (Wildman–Crippen MR) is 52.9 cm³/mol. The molecule has 1 aliphatic heterocycles. The van der Waals surface area contributed by atoms with Crippen LogP contribution in [0.25, 0.3) is 0 Å². The molecule has 1 aliphatic rings. The van der Waals surface area contributed by atoms with Gasteiger partial charge in [-0.2, -0.15) is 0 Å². The molecule has 0 unspecified atom stereocenters. The molecule has 0 spiro atoms. The molecule has 4 nitrogen and oxygen atoms in total. The Hall–Kier alpha value is -1.55. The Balaban J connectivity index is 2.18. The monoisotopic (exact) mass is 192 g/mol. The predicted octanol–water partition coefficient (Wildman–Crippen LogP) is 1.49. The summed E-state index contributed by atoms with van der Waals surface area (Å²) in [6.07, 6.45) is 0. The van der Waals surface area contributed by atoms with Gasteiger partial charge in [-0.3, -0.25) is 9.74 Å². The average molecular weight is 192 g/mol. The van der Waals surface area contributed by atoms with Crippen LogP contribution in [-0.2, 0) is 4.84 Å². The van der Waals surface area contributed by atoms with Gasteiger partial charge < -0.3 is 0 Å². The van der Waals surface area contributed by atoms with E-state index in [1.807, 2.05) is 30.3 Å². The second-order valence-electron chi connectivity index (χ2n) is 3.05. The van der Waals surface area contributed by atoms with Crippen molar-refractivity contribution in [2.75, 3.05) is 25.1 Å². The van der Waals surface area contributed by atoms with Crippen molar-refractivity contribution in [3.63, 3.8) is 0 Å². The number of urea groups is 1. The van der Waals surface area contributed by atoms with E-state index in [1.54, 1.807) is 4.90 Å². The maximum Gasteiger partial charge on any atom is 0.348 e. The fraction of sp³-hybridized carbons (Fsp3) is 0.300. The highest BCUT2D eigenvalue weighted by Gasteiger charge is 2.29. The van der Waals surface area contributed by atoms with E-state index in [4.69, 9.17) is 4.84 Å². The van der Waals surface area contributed by atoms with E-state index < -0.39 is 0 Å². The molecule has 1 aromatic rings. The number of amides is 2. The average Bonchev–Trinajstić information content (AvgIpc) is 2.61. The maximum atomic E-state index is 11.7. The summed E-state index contributed by atoms with van der Waals surface area (Å²) in [5.41, 5.74) is 0.914. The number of para-hydroxylation sites is 1. The molecule has 1 heterocycles. The Morgan fingerprint density at radius 1 is 1.21 bits per heavy atom. The molecule has 0 radical (unpaired) electrons. The van der Waals surface area contributed by atoms with Gasteiger partial charge in [-0.25, -0.2) is 9.86 Å². The molecule has 0 N–H and O–H groups in total. The summed E-state index contributed by atoms with van der Waals surface area (Å²) in [4.78, 5) is 18.3. The van der Waals surface area contributed by atoms with Gasteiger partial charge in [0.15, 0.2) is 0 Å². The highest BCUT2D eigenvalue weighted by atomic mass is 16.7. The van der Waals surface area contributed by atoms with Gasteiger partial charge in [0.2, 0.25) is 0 Å². The molecule has 0 saturated carbocycles. The second-order valence-corrected chi connectivity index (χ2v) is 3.05. The lowest BCUT2D eigenvalue weighted by Gasteiger charge is -2.16. The molecule has 1 saturated heterocycles. The first-order valence-corrected chi connectivity index (χ1v) is 4.51. The van der Waals surface area contributed by atoms with E-state index in [9.17, 15) is 4.79 Å². The zero-order valence-corrected chi connectivity index (χ0v) is 8.01. The fourth-order valence-corrected chi connectivity index (χ4v) is 1.53. The number of carbonyl (C=O) groups is 1. The minimum absolute atomic E-state index is 0.0984. The molecular weight excluding hydrogens is 180 g/mol. The van der Waals surface area contributed by atoms with Gasteiger partial charge in [0, 0.05) is 12.2 Å². The highest BCUT2D eigenvalue weighted by Crippen LogP contribution is 2.19. The standard InChI is InChI=1S/C10H12N2O2/c1-14-12-8-7-11(10(12)13)9-5-3-2-4-6-9/h2-6H,7-8H2,1H3. The van der Waals surface area contributed by atoms with Gasteiger partial charge in [-0.15, -0.1) is 0 Å². The normalized spacial score (nSPS) is 16.5. The zero-order valence-electron chi connectivity index (χ0n) is 8.01. The molecule has 0 aromatic heterocycles. The summed E-state index contributed by atoms with van der Waals surface area (Å²) >= 11 is 0. The topological polar surface area (TPSA) is 32.8 Å². The lowest BCUT2D eigenvalue weighted by Crippen LogP contribution is -2.30. The van der Waals surface area contributed by atoms with Gasteiger partial charge in [-0.1, -0.05) is 18.2 Å². The van der Waals surface area contributed by atoms with E-state index in [2.05, 4.69) is 0 Å². The van der Waals surface area contributed by atoms with Crippen molar-refractivity contribution in [1.29, 1.82) is 0 Å². The first-order valence-electron chi connectivity index (χ1n) is 4.51. The van der Waals surface area contributed by atoms with Crippen molar-refractivity contribution < 1.29 is 9.63 Å². The van der Waals surface area contributed by atoms with Gasteiger partial charge in [0.1, 0.15) is 0 Å². The molecule has 0 atom stereocenters. The quantitative estimate of drug-likeness (QED) is 0.711. The van der Waals surface area contributed by atoms with Crippen LogP contribution in [0.3, 0.4) is 0 Å². The molecule has 1 aromatic carbocycles. The highest BCUT2D eigenvalue weighted by molar-refractivity contribution is 5.93. The number of carbonyl (C=O) groups excluding carboxylic acids is 1. The molecule has 0 aliphatic carbocycles. The van der Waals surface area contributed by atoms with Crippen LogP contribution in [0.2, 0.25) is 0 Å². The lowest BCUT2D eigenvalue weighted by molar-refractivity contribution is -0.0698. The fourth-order valence-electron chi connectivity index (χ4n) is 1.53. The number of anilines is 1. The molecule has 0 bridgehead atoms. The minimum Gasteiger partial charge on any atom is -0.291 e. The van der Waals surface area contributed by atoms with Crippen LogP contribution in [0.1, 0.15) is 0 Å². The van der Waals surface area contributed by atoms with Crippen LogP contribution in [0.5, 0.6) is 0 Å². The van der Waals surface area contributed by atoms with Crippen molar-refractivity contribution in [1.82, 2.24) is 5.06 Å². The third-order valence-electron chi connectivity index (χ3n) is 2.26. The van der Waals surface area contributed by atoms with Crippen LogP contribution in [0.15, 0.2) is 30.3 Å². The Kier molecular flexibility index (Phi) is 2.37. The summed E-state index contributed by atoms with van der Waals surface area (Å²) in [6, 6.07) is 9.49. The third kappa shape index (κ3) is 1.44. The number of rotatable bonds is 2. The van der Waals surface area contributed by atoms with Gasteiger partial charge in [0.05, 0.1) is 13.7 Å². The summed E-state index contributed by atoms with van der Waals surface area (Å²) in [6.45, 7) is 1.29. The van der Waals surface area contributed by atoms with Crippen molar-refractivity contribution in [3.8, 4) is 0 Å². The van der Waals surface area contributed by atoms with Crippen molar-refractivity contribution in [3.05, 3.63) is 30.3 Å². The minimum atomic E-state index is -0.0984. The smallest absolute Gasteiger partial charge is 0.291 e.